The molecule has 3 heteroatoms. The summed E-state index contributed by atoms with van der Waals surface area (Å²) in [5.41, 5.74) is 15.2. The molecule has 2 aromatic heterocycles. The van der Waals surface area contributed by atoms with E-state index in [9.17, 15) is 0 Å². The van der Waals surface area contributed by atoms with Gasteiger partial charge in [-0.2, -0.15) is 0 Å². The molecule has 0 radical (unpaired) electrons. The van der Waals surface area contributed by atoms with E-state index in [4.69, 9.17) is 9.97 Å². The van der Waals surface area contributed by atoms with E-state index in [2.05, 4.69) is 206 Å². The first-order chi connectivity index (χ1) is 28.0. The number of nitrogens with zero attached hydrogens (tertiary/aromatic N) is 3. The lowest BCUT2D eigenvalue weighted by atomic mass is 9.67. The van der Waals surface area contributed by atoms with Crippen molar-refractivity contribution in [3.05, 3.63) is 222 Å². The molecule has 2 aliphatic rings. The quantitative estimate of drug-likeness (QED) is 0.181. The second-order valence-electron chi connectivity index (χ2n) is 16.1. The van der Waals surface area contributed by atoms with Crippen LogP contribution < -0.4 is 0 Å². The average molecular weight is 728 g/mol. The van der Waals surface area contributed by atoms with Crippen LogP contribution in [0.1, 0.15) is 47.4 Å². The third-order valence-corrected chi connectivity index (χ3v) is 12.8. The highest BCUT2D eigenvalue weighted by molar-refractivity contribution is 6.14. The average Bonchev–Trinajstić information content (AvgIpc) is 3.83. The molecule has 0 N–H and O–H groups in total. The number of rotatable bonds is 4. The Morgan fingerprint density at radius 3 is 1.77 bits per heavy atom. The minimum absolute atomic E-state index is 0.325. The maximum absolute atomic E-state index is 5.81. The van der Waals surface area contributed by atoms with Gasteiger partial charge < -0.3 is 0 Å². The first-order valence-electron chi connectivity index (χ1n) is 19.8. The van der Waals surface area contributed by atoms with E-state index in [1.807, 2.05) is 0 Å². The van der Waals surface area contributed by atoms with Crippen LogP contribution in [0.25, 0.3) is 72.0 Å². The molecule has 0 saturated heterocycles. The van der Waals surface area contributed by atoms with E-state index in [1.165, 1.54) is 60.5 Å². The predicted molar refractivity (Wildman–Crippen MR) is 234 cm³/mol. The fourth-order valence-electron chi connectivity index (χ4n) is 10.2. The first kappa shape index (κ1) is 32.2. The predicted octanol–water partition coefficient (Wildman–Crippen LogP) is 13.1. The maximum atomic E-state index is 5.81. The van der Waals surface area contributed by atoms with Crippen molar-refractivity contribution >= 4 is 32.6 Å². The van der Waals surface area contributed by atoms with Gasteiger partial charge in [-0.25, -0.2) is 9.97 Å². The van der Waals surface area contributed by atoms with Crippen LogP contribution in [0.5, 0.6) is 0 Å². The van der Waals surface area contributed by atoms with Gasteiger partial charge in [-0.15, -0.1) is 0 Å². The summed E-state index contributed by atoms with van der Waals surface area (Å²) in [5, 5.41) is 4.82. The zero-order chi connectivity index (χ0) is 37.9. The van der Waals surface area contributed by atoms with Gasteiger partial charge in [0.2, 0.25) is 0 Å². The number of hydrogen-bond acceptors (Lipinski definition) is 2. The fourth-order valence-corrected chi connectivity index (χ4v) is 10.2. The normalized spacial score (nSPS) is 14.4. The van der Waals surface area contributed by atoms with Gasteiger partial charge in [-0.3, -0.25) is 4.57 Å². The molecule has 0 atom stereocenters. The van der Waals surface area contributed by atoms with Crippen molar-refractivity contribution in [2.24, 2.45) is 0 Å². The molecule has 0 bridgehead atoms. The van der Waals surface area contributed by atoms with Gasteiger partial charge in [-0.1, -0.05) is 178 Å². The van der Waals surface area contributed by atoms with E-state index < -0.39 is 5.41 Å². The molecule has 2 aliphatic carbocycles. The molecular weight excluding hydrogens is 691 g/mol. The number of fused-ring (bicyclic) bond motifs is 10. The number of hydrogen-bond donors (Lipinski definition) is 0. The van der Waals surface area contributed by atoms with Crippen LogP contribution >= 0.6 is 0 Å². The molecule has 0 fully saturated rings. The van der Waals surface area contributed by atoms with Gasteiger partial charge in [0, 0.05) is 27.3 Å². The van der Waals surface area contributed by atoms with E-state index >= 15 is 0 Å². The Kier molecular flexibility index (Phi) is 6.61. The van der Waals surface area contributed by atoms with Crippen molar-refractivity contribution in [2.75, 3.05) is 0 Å². The molecule has 0 aliphatic heterocycles. The lowest BCUT2D eigenvalue weighted by molar-refractivity contribution is 0.635. The molecule has 0 unspecified atom stereocenters. The molecule has 0 spiro atoms. The van der Waals surface area contributed by atoms with Crippen molar-refractivity contribution in [3.63, 3.8) is 0 Å². The zero-order valence-electron chi connectivity index (χ0n) is 31.7. The lowest BCUT2D eigenvalue weighted by Crippen LogP contribution is -2.28. The molecule has 2 heterocycles. The van der Waals surface area contributed by atoms with Crippen molar-refractivity contribution in [3.8, 4) is 39.5 Å². The summed E-state index contributed by atoms with van der Waals surface area (Å²) in [4.78, 5) is 11.6. The van der Waals surface area contributed by atoms with Gasteiger partial charge in [0.15, 0.2) is 5.82 Å². The summed E-state index contributed by atoms with van der Waals surface area (Å²) >= 11 is 0. The first-order valence-corrected chi connectivity index (χ1v) is 19.8. The Morgan fingerprint density at radius 1 is 0.421 bits per heavy atom. The smallest absolute Gasteiger partial charge is 0.165 e. The molecular formula is C54H37N3. The van der Waals surface area contributed by atoms with Crippen molar-refractivity contribution < 1.29 is 0 Å². The Balaban J connectivity index is 1.21. The Hall–Kier alpha value is -7.10. The van der Waals surface area contributed by atoms with Crippen LogP contribution in [-0.2, 0) is 10.8 Å². The molecule has 10 aromatic rings. The van der Waals surface area contributed by atoms with Crippen molar-refractivity contribution in [1.29, 1.82) is 0 Å². The Morgan fingerprint density at radius 2 is 1.02 bits per heavy atom. The summed E-state index contributed by atoms with van der Waals surface area (Å²) in [5.74, 6) is 0.836. The second kappa shape index (κ2) is 11.7. The summed E-state index contributed by atoms with van der Waals surface area (Å²) in [7, 11) is 0. The fraction of sp³-hybridized carbons (Fsp3) is 0.0741. The van der Waals surface area contributed by atoms with E-state index in [-0.39, 0.29) is 5.41 Å². The van der Waals surface area contributed by atoms with Gasteiger partial charge in [0.05, 0.1) is 27.8 Å². The van der Waals surface area contributed by atoms with E-state index in [0.29, 0.717) is 0 Å². The summed E-state index contributed by atoms with van der Waals surface area (Å²) in [6.07, 6.45) is 0. The number of para-hydroxylation sites is 1. The van der Waals surface area contributed by atoms with E-state index in [0.717, 1.165) is 45.1 Å². The van der Waals surface area contributed by atoms with Crippen LogP contribution in [0, 0.1) is 0 Å². The molecule has 0 saturated carbocycles. The van der Waals surface area contributed by atoms with Crippen LogP contribution in [0.4, 0.5) is 0 Å². The molecule has 12 rings (SSSR count). The Labute approximate surface area is 331 Å². The molecule has 268 valence electrons. The van der Waals surface area contributed by atoms with Gasteiger partial charge in [0.25, 0.3) is 0 Å². The molecule has 57 heavy (non-hydrogen) atoms. The SMILES string of the molecule is CC1(C)c2ccccc2-c2nc(-n3c4ccccc4c4cc5ccccc5cc43)c(-c3ccc4c(c3)C(c3ccccc3)(c3ccccc3)c3ccccc3-4)nc21. The molecule has 0 amide bonds. The second-order valence-corrected chi connectivity index (χ2v) is 16.1. The van der Waals surface area contributed by atoms with Crippen LogP contribution in [0.15, 0.2) is 188 Å². The van der Waals surface area contributed by atoms with Crippen molar-refractivity contribution in [2.45, 2.75) is 24.7 Å². The standard InChI is InChI=1S/C54H37N3/c1-53(2)44-26-14-12-25-42(44)50-51(53)55-49(52(56-50)57-47-28-16-13-24-41(47)43-31-34-17-9-10-18-35(34)33-48(43)57)36-29-30-40-39-23-11-15-27-45(39)54(46(40)32-36,37-19-5-3-6-20-37)38-21-7-4-8-22-38/h3-33H,1-2H3. The van der Waals surface area contributed by atoms with Crippen LogP contribution in [0.2, 0.25) is 0 Å². The number of benzene rings is 8. The van der Waals surface area contributed by atoms with Crippen LogP contribution in [-0.4, -0.2) is 14.5 Å². The zero-order valence-corrected chi connectivity index (χ0v) is 31.7. The summed E-state index contributed by atoms with van der Waals surface area (Å²) in [6, 6.07) is 68.8. The summed E-state index contributed by atoms with van der Waals surface area (Å²) in [6.45, 7) is 4.58. The van der Waals surface area contributed by atoms with E-state index in [1.54, 1.807) is 0 Å². The minimum Gasteiger partial charge on any atom is -0.292 e. The van der Waals surface area contributed by atoms with Crippen LogP contribution in [0.3, 0.4) is 0 Å². The highest BCUT2D eigenvalue weighted by Gasteiger charge is 2.46. The highest BCUT2D eigenvalue weighted by Crippen LogP contribution is 2.57. The topological polar surface area (TPSA) is 30.7 Å². The van der Waals surface area contributed by atoms with Crippen molar-refractivity contribution in [1.82, 2.24) is 14.5 Å². The molecule has 3 nitrogen and oxygen atoms in total. The van der Waals surface area contributed by atoms with Gasteiger partial charge in [-0.05, 0) is 74.0 Å². The third-order valence-electron chi connectivity index (χ3n) is 12.8. The third kappa shape index (κ3) is 4.31. The largest absolute Gasteiger partial charge is 0.292 e. The Bertz CT molecular complexity index is 3220. The lowest BCUT2D eigenvalue weighted by Gasteiger charge is -2.34. The minimum atomic E-state index is -0.532. The maximum Gasteiger partial charge on any atom is 0.165 e. The monoisotopic (exact) mass is 727 g/mol. The van der Waals surface area contributed by atoms with Gasteiger partial charge >= 0.3 is 0 Å². The molecule has 8 aromatic carbocycles. The summed E-state index contributed by atoms with van der Waals surface area (Å²) < 4.78 is 2.37. The highest BCUT2D eigenvalue weighted by atomic mass is 15.1. The number of aromatic nitrogens is 3. The van der Waals surface area contributed by atoms with Gasteiger partial charge in [0.1, 0.15) is 5.69 Å².